The summed E-state index contributed by atoms with van der Waals surface area (Å²) in [7, 11) is 0. The topological polar surface area (TPSA) is 23.5 Å². The quantitative estimate of drug-likeness (QED) is 0.844. The SMILES string of the molecule is CC(C)(O)Cc1ccccc1N1CCCC1. The van der Waals surface area contributed by atoms with Gasteiger partial charge in [0.15, 0.2) is 0 Å². The maximum atomic E-state index is 9.92. The van der Waals surface area contributed by atoms with E-state index in [0.717, 1.165) is 19.5 Å². The molecule has 0 unspecified atom stereocenters. The zero-order valence-corrected chi connectivity index (χ0v) is 10.2. The van der Waals surface area contributed by atoms with Gasteiger partial charge < -0.3 is 10.0 Å². The number of anilines is 1. The lowest BCUT2D eigenvalue weighted by Gasteiger charge is -2.25. The number of benzene rings is 1. The van der Waals surface area contributed by atoms with E-state index < -0.39 is 5.60 Å². The number of para-hydroxylation sites is 1. The molecule has 1 N–H and O–H groups in total. The molecule has 1 fully saturated rings. The molecule has 16 heavy (non-hydrogen) atoms. The molecular formula is C14H21NO. The Hall–Kier alpha value is -1.02. The molecule has 0 atom stereocenters. The number of nitrogens with zero attached hydrogens (tertiary/aromatic N) is 1. The van der Waals surface area contributed by atoms with Crippen LogP contribution in [0.15, 0.2) is 24.3 Å². The van der Waals surface area contributed by atoms with Crippen molar-refractivity contribution >= 4 is 5.69 Å². The van der Waals surface area contributed by atoms with Gasteiger partial charge in [-0.15, -0.1) is 0 Å². The third-order valence-corrected chi connectivity index (χ3v) is 3.06. The van der Waals surface area contributed by atoms with Crippen LogP contribution in [0.4, 0.5) is 5.69 Å². The second kappa shape index (κ2) is 4.46. The summed E-state index contributed by atoms with van der Waals surface area (Å²) in [6.45, 7) is 6.05. The molecule has 1 saturated heterocycles. The molecule has 1 heterocycles. The van der Waals surface area contributed by atoms with Gasteiger partial charge in [0.1, 0.15) is 0 Å². The predicted octanol–water partition coefficient (Wildman–Crippen LogP) is 2.60. The van der Waals surface area contributed by atoms with Crippen molar-refractivity contribution in [3.05, 3.63) is 29.8 Å². The highest BCUT2D eigenvalue weighted by molar-refractivity contribution is 5.54. The molecule has 0 aromatic heterocycles. The van der Waals surface area contributed by atoms with Gasteiger partial charge in [0.2, 0.25) is 0 Å². The molecule has 0 radical (unpaired) electrons. The molecule has 0 saturated carbocycles. The molecule has 2 nitrogen and oxygen atoms in total. The number of hydrogen-bond donors (Lipinski definition) is 1. The summed E-state index contributed by atoms with van der Waals surface area (Å²) in [6.07, 6.45) is 3.30. The minimum Gasteiger partial charge on any atom is -0.390 e. The lowest BCUT2D eigenvalue weighted by molar-refractivity contribution is 0.0811. The molecule has 1 aromatic carbocycles. The standard InChI is InChI=1S/C14H21NO/c1-14(2,16)11-12-7-3-4-8-13(12)15-9-5-6-10-15/h3-4,7-8,16H,5-6,9-11H2,1-2H3. The van der Waals surface area contributed by atoms with Crippen molar-refractivity contribution in [1.29, 1.82) is 0 Å². The van der Waals surface area contributed by atoms with Gasteiger partial charge in [-0.3, -0.25) is 0 Å². The fourth-order valence-electron chi connectivity index (χ4n) is 2.39. The first kappa shape index (κ1) is 11.5. The van der Waals surface area contributed by atoms with Crippen LogP contribution in [0.1, 0.15) is 32.3 Å². The van der Waals surface area contributed by atoms with Gasteiger partial charge in [0.05, 0.1) is 5.60 Å². The Morgan fingerprint density at radius 3 is 2.44 bits per heavy atom. The summed E-state index contributed by atoms with van der Waals surface area (Å²) in [6, 6.07) is 8.44. The summed E-state index contributed by atoms with van der Waals surface area (Å²) in [5, 5.41) is 9.92. The van der Waals surface area contributed by atoms with Gasteiger partial charge in [0, 0.05) is 25.2 Å². The fourth-order valence-corrected chi connectivity index (χ4v) is 2.39. The monoisotopic (exact) mass is 219 g/mol. The van der Waals surface area contributed by atoms with Crippen molar-refractivity contribution in [2.24, 2.45) is 0 Å². The molecule has 2 rings (SSSR count). The Bertz CT molecular complexity index is 348. The minimum atomic E-state index is -0.629. The van der Waals surface area contributed by atoms with Gasteiger partial charge in [-0.25, -0.2) is 0 Å². The first-order valence-electron chi connectivity index (χ1n) is 6.11. The van der Waals surface area contributed by atoms with Crippen LogP contribution in [-0.4, -0.2) is 23.8 Å². The molecule has 2 heteroatoms. The van der Waals surface area contributed by atoms with Crippen LogP contribution in [-0.2, 0) is 6.42 Å². The zero-order valence-electron chi connectivity index (χ0n) is 10.2. The van der Waals surface area contributed by atoms with Crippen molar-refractivity contribution in [2.75, 3.05) is 18.0 Å². The van der Waals surface area contributed by atoms with Gasteiger partial charge in [-0.2, -0.15) is 0 Å². The summed E-state index contributed by atoms with van der Waals surface area (Å²) in [5.41, 5.74) is 1.94. The van der Waals surface area contributed by atoms with Crippen molar-refractivity contribution in [3.63, 3.8) is 0 Å². The van der Waals surface area contributed by atoms with Crippen LogP contribution < -0.4 is 4.90 Å². The van der Waals surface area contributed by atoms with E-state index in [9.17, 15) is 5.11 Å². The lowest BCUT2D eigenvalue weighted by atomic mass is 9.97. The smallest absolute Gasteiger partial charge is 0.0632 e. The normalized spacial score (nSPS) is 16.8. The van der Waals surface area contributed by atoms with E-state index in [1.165, 1.54) is 24.1 Å². The molecule has 0 aliphatic carbocycles. The highest BCUT2D eigenvalue weighted by Crippen LogP contribution is 2.27. The van der Waals surface area contributed by atoms with Crippen LogP contribution in [0, 0.1) is 0 Å². The molecule has 1 aliphatic heterocycles. The van der Waals surface area contributed by atoms with Crippen LogP contribution in [0.5, 0.6) is 0 Å². The molecule has 1 aromatic rings. The molecule has 1 aliphatic rings. The second-order valence-electron chi connectivity index (χ2n) is 5.31. The summed E-state index contributed by atoms with van der Waals surface area (Å²) in [4.78, 5) is 2.43. The van der Waals surface area contributed by atoms with E-state index in [1.54, 1.807) is 0 Å². The zero-order chi connectivity index (χ0) is 11.6. The predicted molar refractivity (Wildman–Crippen MR) is 67.9 cm³/mol. The van der Waals surface area contributed by atoms with Gasteiger partial charge in [-0.1, -0.05) is 18.2 Å². The highest BCUT2D eigenvalue weighted by atomic mass is 16.3. The van der Waals surface area contributed by atoms with Crippen molar-refractivity contribution in [3.8, 4) is 0 Å². The molecule has 88 valence electrons. The first-order chi connectivity index (χ1) is 7.56. The summed E-state index contributed by atoms with van der Waals surface area (Å²) < 4.78 is 0. The van der Waals surface area contributed by atoms with Gasteiger partial charge >= 0.3 is 0 Å². The van der Waals surface area contributed by atoms with Crippen LogP contribution in [0.3, 0.4) is 0 Å². The molecular weight excluding hydrogens is 198 g/mol. The van der Waals surface area contributed by atoms with Crippen molar-refractivity contribution in [2.45, 2.75) is 38.7 Å². The number of rotatable bonds is 3. The van der Waals surface area contributed by atoms with Crippen molar-refractivity contribution < 1.29 is 5.11 Å². The Morgan fingerprint density at radius 2 is 1.81 bits per heavy atom. The molecule has 0 bridgehead atoms. The van der Waals surface area contributed by atoms with E-state index in [0.29, 0.717) is 0 Å². The number of aliphatic hydroxyl groups is 1. The molecule has 0 spiro atoms. The average molecular weight is 219 g/mol. The Kier molecular flexibility index (Phi) is 3.20. The van der Waals surface area contributed by atoms with E-state index in [4.69, 9.17) is 0 Å². The third-order valence-electron chi connectivity index (χ3n) is 3.06. The number of hydrogen-bond acceptors (Lipinski definition) is 2. The van der Waals surface area contributed by atoms with Crippen LogP contribution in [0.2, 0.25) is 0 Å². The highest BCUT2D eigenvalue weighted by Gasteiger charge is 2.19. The Balaban J connectivity index is 2.23. The Labute approximate surface area is 97.9 Å². The van der Waals surface area contributed by atoms with Gasteiger partial charge in [-0.05, 0) is 38.3 Å². The van der Waals surface area contributed by atoms with Crippen molar-refractivity contribution in [1.82, 2.24) is 0 Å². The van der Waals surface area contributed by atoms with E-state index in [-0.39, 0.29) is 0 Å². The molecule has 0 amide bonds. The lowest BCUT2D eigenvalue weighted by Crippen LogP contribution is -2.25. The first-order valence-corrected chi connectivity index (χ1v) is 6.11. The van der Waals surface area contributed by atoms with E-state index in [1.807, 2.05) is 13.8 Å². The van der Waals surface area contributed by atoms with E-state index in [2.05, 4.69) is 29.2 Å². The summed E-state index contributed by atoms with van der Waals surface area (Å²) in [5.74, 6) is 0. The van der Waals surface area contributed by atoms with Gasteiger partial charge in [0.25, 0.3) is 0 Å². The largest absolute Gasteiger partial charge is 0.390 e. The third kappa shape index (κ3) is 2.76. The van der Waals surface area contributed by atoms with E-state index >= 15 is 0 Å². The summed E-state index contributed by atoms with van der Waals surface area (Å²) >= 11 is 0. The maximum absolute atomic E-state index is 9.92. The Morgan fingerprint density at radius 1 is 1.19 bits per heavy atom. The van der Waals surface area contributed by atoms with Crippen LogP contribution >= 0.6 is 0 Å². The minimum absolute atomic E-state index is 0.629. The second-order valence-corrected chi connectivity index (χ2v) is 5.31. The fraction of sp³-hybridized carbons (Fsp3) is 0.571. The maximum Gasteiger partial charge on any atom is 0.0632 e. The average Bonchev–Trinajstić information content (AvgIpc) is 2.69. The van der Waals surface area contributed by atoms with Crippen LogP contribution in [0.25, 0.3) is 0 Å².